The second-order valence-electron chi connectivity index (χ2n) is 7.33. The van der Waals surface area contributed by atoms with Crippen LogP contribution in [0.15, 0.2) is 35.1 Å². The van der Waals surface area contributed by atoms with Gasteiger partial charge in [-0.05, 0) is 31.5 Å². The summed E-state index contributed by atoms with van der Waals surface area (Å²) in [5.74, 6) is 2.12. The summed E-state index contributed by atoms with van der Waals surface area (Å²) in [6.45, 7) is 6.38. The number of rotatable bonds is 7. The van der Waals surface area contributed by atoms with Crippen molar-refractivity contribution in [1.29, 1.82) is 0 Å². The Hall–Kier alpha value is -3.07. The van der Waals surface area contributed by atoms with Crippen molar-refractivity contribution < 1.29 is 13.7 Å². The SMILES string of the molecule is COc1cncc(N2CCN(CCCc3nc(-c4ccc(C)c(F)c4)no3)CC2)n1. The van der Waals surface area contributed by atoms with Gasteiger partial charge in [-0.1, -0.05) is 17.3 Å². The van der Waals surface area contributed by atoms with E-state index >= 15 is 0 Å². The molecule has 2 aromatic heterocycles. The van der Waals surface area contributed by atoms with E-state index in [4.69, 9.17) is 9.26 Å². The summed E-state index contributed by atoms with van der Waals surface area (Å²) in [6.07, 6.45) is 5.00. The van der Waals surface area contributed by atoms with E-state index in [0.717, 1.165) is 45.0 Å². The van der Waals surface area contributed by atoms with E-state index in [1.54, 1.807) is 38.6 Å². The Morgan fingerprint density at radius 1 is 1.13 bits per heavy atom. The molecule has 0 saturated carbocycles. The van der Waals surface area contributed by atoms with Gasteiger partial charge in [-0.15, -0.1) is 0 Å². The molecule has 1 fully saturated rings. The minimum absolute atomic E-state index is 0.266. The van der Waals surface area contributed by atoms with Crippen LogP contribution in [0.25, 0.3) is 11.4 Å². The Kier molecular flexibility index (Phi) is 6.18. The zero-order chi connectivity index (χ0) is 20.9. The normalized spacial score (nSPS) is 14.8. The average molecular weight is 412 g/mol. The fraction of sp³-hybridized carbons (Fsp3) is 0.429. The predicted octanol–water partition coefficient (Wildman–Crippen LogP) is 2.74. The molecule has 3 aromatic rings. The Bertz CT molecular complexity index is 987. The number of benzene rings is 1. The number of ether oxygens (including phenoxy) is 1. The van der Waals surface area contributed by atoms with E-state index in [1.165, 1.54) is 6.07 Å². The van der Waals surface area contributed by atoms with Gasteiger partial charge < -0.3 is 14.2 Å². The van der Waals surface area contributed by atoms with Gasteiger partial charge in [0.1, 0.15) is 5.82 Å². The Morgan fingerprint density at radius 3 is 2.73 bits per heavy atom. The summed E-state index contributed by atoms with van der Waals surface area (Å²) in [6, 6.07) is 4.97. The van der Waals surface area contributed by atoms with E-state index in [1.807, 2.05) is 0 Å². The maximum atomic E-state index is 13.7. The third kappa shape index (κ3) is 4.73. The standard InChI is InChI=1S/C21H25FN6O2/c1-15-5-6-16(12-17(15)22)21-25-19(30-26-21)4-3-7-27-8-10-28(11-9-27)18-13-23-14-20(24-18)29-2/h5-6,12-14H,3-4,7-11H2,1-2H3. The molecule has 1 aliphatic rings. The molecular weight excluding hydrogens is 387 g/mol. The van der Waals surface area contributed by atoms with Crippen LogP contribution in [0.5, 0.6) is 5.88 Å². The lowest BCUT2D eigenvalue weighted by Gasteiger charge is -2.35. The van der Waals surface area contributed by atoms with Gasteiger partial charge in [-0.3, -0.25) is 9.88 Å². The Balaban J connectivity index is 1.24. The lowest BCUT2D eigenvalue weighted by Crippen LogP contribution is -2.47. The van der Waals surface area contributed by atoms with Gasteiger partial charge in [-0.2, -0.15) is 9.97 Å². The largest absolute Gasteiger partial charge is 0.480 e. The number of hydrogen-bond acceptors (Lipinski definition) is 8. The van der Waals surface area contributed by atoms with E-state index in [0.29, 0.717) is 35.1 Å². The van der Waals surface area contributed by atoms with Gasteiger partial charge in [0, 0.05) is 38.2 Å². The lowest BCUT2D eigenvalue weighted by molar-refractivity contribution is 0.250. The van der Waals surface area contributed by atoms with Crippen LogP contribution < -0.4 is 9.64 Å². The minimum Gasteiger partial charge on any atom is -0.480 e. The molecule has 158 valence electrons. The predicted molar refractivity (Wildman–Crippen MR) is 110 cm³/mol. The zero-order valence-electron chi connectivity index (χ0n) is 17.2. The molecule has 0 bridgehead atoms. The molecule has 8 nitrogen and oxygen atoms in total. The van der Waals surface area contributed by atoms with Crippen LogP contribution >= 0.6 is 0 Å². The summed E-state index contributed by atoms with van der Waals surface area (Å²) in [7, 11) is 1.59. The first-order valence-electron chi connectivity index (χ1n) is 10.0. The first-order chi connectivity index (χ1) is 14.6. The third-order valence-electron chi connectivity index (χ3n) is 5.27. The summed E-state index contributed by atoms with van der Waals surface area (Å²) >= 11 is 0. The molecule has 0 radical (unpaired) electrons. The van der Waals surface area contributed by atoms with E-state index in [-0.39, 0.29) is 5.82 Å². The van der Waals surface area contributed by atoms with Gasteiger partial charge in [0.25, 0.3) is 0 Å². The van der Waals surface area contributed by atoms with Crippen LogP contribution in [0, 0.1) is 12.7 Å². The first kappa shape index (κ1) is 20.2. The number of anilines is 1. The number of nitrogens with zero attached hydrogens (tertiary/aromatic N) is 6. The highest BCUT2D eigenvalue weighted by molar-refractivity contribution is 5.54. The van der Waals surface area contributed by atoms with Crippen LogP contribution in [0.4, 0.5) is 10.2 Å². The first-order valence-corrected chi connectivity index (χ1v) is 10.0. The molecule has 4 rings (SSSR count). The van der Waals surface area contributed by atoms with Crippen LogP contribution in [-0.2, 0) is 6.42 Å². The molecule has 30 heavy (non-hydrogen) atoms. The number of hydrogen-bond donors (Lipinski definition) is 0. The van der Waals surface area contributed by atoms with Crippen molar-refractivity contribution in [3.8, 4) is 17.3 Å². The van der Waals surface area contributed by atoms with Crippen LogP contribution in [0.2, 0.25) is 0 Å². The molecule has 0 atom stereocenters. The summed E-state index contributed by atoms with van der Waals surface area (Å²) in [5.41, 5.74) is 1.23. The van der Waals surface area contributed by atoms with E-state index in [2.05, 4.69) is 29.9 Å². The summed E-state index contributed by atoms with van der Waals surface area (Å²) in [5, 5.41) is 3.98. The number of halogens is 1. The molecule has 0 amide bonds. The molecule has 1 aliphatic heterocycles. The molecule has 9 heteroatoms. The lowest BCUT2D eigenvalue weighted by atomic mass is 10.1. The quantitative estimate of drug-likeness (QED) is 0.586. The van der Waals surface area contributed by atoms with Crippen molar-refractivity contribution in [3.05, 3.63) is 47.9 Å². The van der Waals surface area contributed by atoms with Gasteiger partial charge in [0.15, 0.2) is 5.82 Å². The van der Waals surface area contributed by atoms with E-state index < -0.39 is 0 Å². The molecule has 0 spiro atoms. The topological polar surface area (TPSA) is 80.4 Å². The van der Waals surface area contributed by atoms with Crippen molar-refractivity contribution in [1.82, 2.24) is 25.0 Å². The summed E-state index contributed by atoms with van der Waals surface area (Å²) < 4.78 is 24.2. The fourth-order valence-electron chi connectivity index (χ4n) is 3.45. The third-order valence-corrected chi connectivity index (χ3v) is 5.27. The molecule has 0 aliphatic carbocycles. The van der Waals surface area contributed by atoms with Gasteiger partial charge in [0.2, 0.25) is 17.6 Å². The highest BCUT2D eigenvalue weighted by Gasteiger charge is 2.19. The van der Waals surface area contributed by atoms with Gasteiger partial charge in [-0.25, -0.2) is 4.39 Å². The smallest absolute Gasteiger partial charge is 0.233 e. The van der Waals surface area contributed by atoms with Gasteiger partial charge in [0.05, 0.1) is 19.5 Å². The van der Waals surface area contributed by atoms with Crippen LogP contribution in [-0.4, -0.2) is 64.8 Å². The summed E-state index contributed by atoms with van der Waals surface area (Å²) in [4.78, 5) is 17.7. The fourth-order valence-corrected chi connectivity index (χ4v) is 3.45. The number of methoxy groups -OCH3 is 1. The Morgan fingerprint density at radius 2 is 1.97 bits per heavy atom. The molecule has 1 saturated heterocycles. The number of piperazine rings is 1. The highest BCUT2D eigenvalue weighted by Crippen LogP contribution is 2.20. The van der Waals surface area contributed by atoms with Crippen molar-refractivity contribution >= 4 is 5.82 Å². The molecular formula is C21H25FN6O2. The maximum absolute atomic E-state index is 13.7. The molecule has 3 heterocycles. The van der Waals surface area contributed by atoms with Crippen molar-refractivity contribution in [2.45, 2.75) is 19.8 Å². The van der Waals surface area contributed by atoms with Crippen LogP contribution in [0.1, 0.15) is 17.9 Å². The van der Waals surface area contributed by atoms with Crippen LogP contribution in [0.3, 0.4) is 0 Å². The molecule has 0 unspecified atom stereocenters. The maximum Gasteiger partial charge on any atom is 0.233 e. The highest BCUT2D eigenvalue weighted by atomic mass is 19.1. The van der Waals surface area contributed by atoms with Gasteiger partial charge >= 0.3 is 0 Å². The van der Waals surface area contributed by atoms with Crippen molar-refractivity contribution in [3.63, 3.8) is 0 Å². The number of aryl methyl sites for hydroxylation is 2. The second kappa shape index (κ2) is 9.17. The number of aromatic nitrogens is 4. The van der Waals surface area contributed by atoms with Crippen molar-refractivity contribution in [2.75, 3.05) is 44.7 Å². The zero-order valence-corrected chi connectivity index (χ0v) is 17.2. The average Bonchev–Trinajstić information content (AvgIpc) is 3.25. The monoisotopic (exact) mass is 412 g/mol. The molecule has 0 N–H and O–H groups in total. The molecule has 1 aromatic carbocycles. The second-order valence-corrected chi connectivity index (χ2v) is 7.33. The van der Waals surface area contributed by atoms with E-state index in [9.17, 15) is 4.39 Å². The minimum atomic E-state index is -0.266. The van der Waals surface area contributed by atoms with Crippen molar-refractivity contribution in [2.24, 2.45) is 0 Å². The Labute approximate surface area is 174 Å².